The molecule has 0 spiro atoms. The summed E-state index contributed by atoms with van der Waals surface area (Å²) in [5, 5.41) is 0. The zero-order valence-corrected chi connectivity index (χ0v) is 15.8. The first kappa shape index (κ1) is 20.2. The van der Waals surface area contributed by atoms with Gasteiger partial charge < -0.3 is 4.55 Å². The minimum absolute atomic E-state index is 0.0229. The summed E-state index contributed by atoms with van der Waals surface area (Å²) in [5.74, 6) is 0. The molecule has 0 fully saturated rings. The topological polar surface area (TPSA) is 57.2 Å². The SMILES string of the molecule is Cc1ccc([S+](c2ccccc2)c2ccccc2)cc1.O=S(=O)([O-])CF. The molecular weight excluding hydrogens is 371 g/mol. The fraction of sp³-hybridized carbons (Fsp3) is 0.100. The van der Waals surface area contributed by atoms with Gasteiger partial charge in [-0.25, -0.2) is 12.8 Å². The van der Waals surface area contributed by atoms with Crippen molar-refractivity contribution in [2.45, 2.75) is 21.6 Å². The molecule has 0 unspecified atom stereocenters. The number of rotatable bonds is 4. The van der Waals surface area contributed by atoms with E-state index in [4.69, 9.17) is 13.0 Å². The standard InChI is InChI=1S/C19H17S.CH3FO3S/c1-16-12-14-19(15-13-16)20(17-8-4-2-5-9-17)18-10-6-3-7-11-18;2-1-6(3,4)5/h2-15H,1H3;1H2,(H,3,4,5)/q+1;/p-1. The Balaban J connectivity index is 0.000000352. The molecule has 136 valence electrons. The fourth-order valence-corrected chi connectivity index (χ4v) is 4.28. The molecule has 0 amide bonds. The van der Waals surface area contributed by atoms with Crippen LogP contribution in [0, 0.1) is 6.92 Å². The number of benzene rings is 3. The van der Waals surface area contributed by atoms with Gasteiger partial charge in [0.2, 0.25) is 0 Å². The summed E-state index contributed by atoms with van der Waals surface area (Å²) in [6.07, 6.45) is 0. The van der Waals surface area contributed by atoms with Gasteiger partial charge >= 0.3 is 0 Å². The van der Waals surface area contributed by atoms with Crippen molar-refractivity contribution in [2.24, 2.45) is 0 Å². The summed E-state index contributed by atoms with van der Waals surface area (Å²) in [4.78, 5) is 4.10. The van der Waals surface area contributed by atoms with Gasteiger partial charge in [-0.1, -0.05) is 54.1 Å². The van der Waals surface area contributed by atoms with Gasteiger partial charge in [0.1, 0.15) is 10.1 Å². The summed E-state index contributed by atoms with van der Waals surface area (Å²) in [5.41, 5.74) is 1.30. The van der Waals surface area contributed by atoms with Crippen LogP contribution in [0.5, 0.6) is 0 Å². The highest BCUT2D eigenvalue weighted by Crippen LogP contribution is 2.30. The molecule has 0 N–H and O–H groups in total. The number of halogens is 1. The molecule has 0 radical (unpaired) electrons. The summed E-state index contributed by atoms with van der Waals surface area (Å²) >= 11 is 0. The van der Waals surface area contributed by atoms with Crippen LogP contribution in [0.25, 0.3) is 0 Å². The van der Waals surface area contributed by atoms with Crippen molar-refractivity contribution in [3.05, 3.63) is 90.5 Å². The summed E-state index contributed by atoms with van der Waals surface area (Å²) < 4.78 is 37.8. The van der Waals surface area contributed by atoms with Crippen LogP contribution in [-0.4, -0.2) is 19.0 Å². The number of hydrogen-bond donors (Lipinski definition) is 0. The van der Waals surface area contributed by atoms with E-state index in [1.54, 1.807) is 0 Å². The first-order chi connectivity index (χ1) is 12.4. The molecule has 0 saturated heterocycles. The normalized spacial score (nSPS) is 10.9. The molecule has 0 bridgehead atoms. The van der Waals surface area contributed by atoms with Crippen LogP contribution in [0.2, 0.25) is 0 Å². The Bertz CT molecular complexity index is 857. The quantitative estimate of drug-likeness (QED) is 0.485. The van der Waals surface area contributed by atoms with E-state index in [9.17, 15) is 4.39 Å². The first-order valence-electron chi connectivity index (χ1n) is 7.81. The third-order valence-corrected chi connectivity index (χ3v) is 5.85. The smallest absolute Gasteiger partial charge is 0.179 e. The van der Waals surface area contributed by atoms with Gasteiger partial charge in [0.05, 0.1) is 10.9 Å². The van der Waals surface area contributed by atoms with E-state index >= 15 is 0 Å². The molecule has 0 saturated carbocycles. The molecule has 0 heterocycles. The molecule has 3 nitrogen and oxygen atoms in total. The monoisotopic (exact) mass is 390 g/mol. The van der Waals surface area contributed by atoms with Crippen molar-refractivity contribution in [2.75, 3.05) is 6.01 Å². The highest BCUT2D eigenvalue weighted by molar-refractivity contribution is 7.97. The van der Waals surface area contributed by atoms with Crippen molar-refractivity contribution in [3.63, 3.8) is 0 Å². The van der Waals surface area contributed by atoms with E-state index in [0.717, 1.165) is 0 Å². The maximum atomic E-state index is 10.6. The Kier molecular flexibility index (Phi) is 7.38. The minimum atomic E-state index is -4.58. The molecular formula is C20H19FO3S2. The number of aryl methyl sites for hydroxylation is 1. The highest BCUT2D eigenvalue weighted by atomic mass is 32.2. The third-order valence-electron chi connectivity index (χ3n) is 3.35. The molecule has 0 aliphatic carbocycles. The van der Waals surface area contributed by atoms with Gasteiger partial charge in [-0.3, -0.25) is 0 Å². The average Bonchev–Trinajstić information content (AvgIpc) is 2.65. The van der Waals surface area contributed by atoms with E-state index in [-0.39, 0.29) is 10.9 Å². The van der Waals surface area contributed by atoms with Crippen molar-refractivity contribution >= 4 is 21.0 Å². The molecule has 0 aliphatic heterocycles. The van der Waals surface area contributed by atoms with Gasteiger partial charge in [0.15, 0.2) is 20.7 Å². The molecule has 26 heavy (non-hydrogen) atoms. The number of alkyl halides is 1. The molecule has 6 heteroatoms. The number of hydrogen-bond acceptors (Lipinski definition) is 3. The van der Waals surface area contributed by atoms with Crippen molar-refractivity contribution < 1.29 is 17.4 Å². The Morgan fingerprint density at radius 2 is 1.12 bits per heavy atom. The van der Waals surface area contributed by atoms with E-state index < -0.39 is 16.1 Å². The fourth-order valence-electron chi connectivity index (χ4n) is 2.20. The lowest BCUT2D eigenvalue weighted by Crippen LogP contribution is -2.04. The van der Waals surface area contributed by atoms with E-state index in [2.05, 4.69) is 91.9 Å². The maximum absolute atomic E-state index is 10.6. The van der Waals surface area contributed by atoms with Crippen LogP contribution in [0.1, 0.15) is 5.56 Å². The third kappa shape index (κ3) is 6.29. The zero-order chi connectivity index (χ0) is 19.0. The second kappa shape index (κ2) is 9.52. The van der Waals surface area contributed by atoms with E-state index in [1.165, 1.54) is 20.2 Å². The van der Waals surface area contributed by atoms with Crippen LogP contribution in [-0.2, 0) is 21.0 Å². The van der Waals surface area contributed by atoms with Crippen LogP contribution >= 0.6 is 0 Å². The van der Waals surface area contributed by atoms with Gasteiger partial charge in [-0.05, 0) is 43.3 Å². The Morgan fingerprint density at radius 3 is 1.46 bits per heavy atom. The molecule has 0 aromatic heterocycles. The lowest BCUT2D eigenvalue weighted by Gasteiger charge is -2.07. The van der Waals surface area contributed by atoms with Gasteiger partial charge in [-0.15, -0.1) is 0 Å². The van der Waals surface area contributed by atoms with Crippen molar-refractivity contribution in [1.29, 1.82) is 0 Å². The first-order valence-corrected chi connectivity index (χ1v) is 10.6. The van der Waals surface area contributed by atoms with Crippen molar-refractivity contribution in [3.8, 4) is 0 Å². The summed E-state index contributed by atoms with van der Waals surface area (Å²) in [7, 11) is -4.60. The van der Waals surface area contributed by atoms with Crippen LogP contribution in [0.3, 0.4) is 0 Å². The van der Waals surface area contributed by atoms with Gasteiger partial charge in [-0.2, -0.15) is 0 Å². The summed E-state index contributed by atoms with van der Waals surface area (Å²) in [6, 6.07) is 28.6. The molecule has 3 aromatic carbocycles. The van der Waals surface area contributed by atoms with Crippen molar-refractivity contribution in [1.82, 2.24) is 0 Å². The van der Waals surface area contributed by atoms with Crippen LogP contribution in [0.15, 0.2) is 99.6 Å². The zero-order valence-electron chi connectivity index (χ0n) is 14.2. The predicted molar refractivity (Wildman–Crippen MR) is 102 cm³/mol. The molecule has 0 aliphatic rings. The second-order valence-electron chi connectivity index (χ2n) is 5.41. The maximum Gasteiger partial charge on any atom is 0.179 e. The lowest BCUT2D eigenvalue weighted by molar-refractivity contribution is 0.431. The Labute approximate surface area is 156 Å². The molecule has 0 atom stereocenters. The van der Waals surface area contributed by atoms with Crippen LogP contribution in [0.4, 0.5) is 4.39 Å². The van der Waals surface area contributed by atoms with Gasteiger partial charge in [0.25, 0.3) is 0 Å². The second-order valence-corrected chi connectivity index (χ2v) is 8.77. The predicted octanol–water partition coefficient (Wildman–Crippen LogP) is 4.55. The molecule has 3 aromatic rings. The minimum Gasteiger partial charge on any atom is -0.746 e. The molecule has 3 rings (SSSR count). The summed E-state index contributed by atoms with van der Waals surface area (Å²) in [6.45, 7) is 2.13. The van der Waals surface area contributed by atoms with Crippen LogP contribution < -0.4 is 0 Å². The Hall–Kier alpha value is -2.15. The largest absolute Gasteiger partial charge is 0.746 e. The van der Waals surface area contributed by atoms with Gasteiger partial charge in [0, 0.05) is 0 Å². The average molecular weight is 391 g/mol. The highest BCUT2D eigenvalue weighted by Gasteiger charge is 2.27. The van der Waals surface area contributed by atoms with E-state index in [1.807, 2.05) is 0 Å². The Morgan fingerprint density at radius 1 is 0.769 bits per heavy atom. The lowest BCUT2D eigenvalue weighted by atomic mass is 10.2. The van der Waals surface area contributed by atoms with E-state index in [0.29, 0.717) is 0 Å².